The van der Waals surface area contributed by atoms with Crippen molar-refractivity contribution in [3.05, 3.63) is 0 Å². The van der Waals surface area contributed by atoms with Crippen molar-refractivity contribution in [2.75, 3.05) is 7.05 Å². The predicted molar refractivity (Wildman–Crippen MR) is 62.8 cm³/mol. The first-order chi connectivity index (χ1) is 7.08. The van der Waals surface area contributed by atoms with E-state index in [0.717, 1.165) is 18.5 Å². The number of fused-ring (bicyclic) bond motifs is 2. The molecule has 2 bridgehead atoms. The molecule has 2 saturated heterocycles. The summed E-state index contributed by atoms with van der Waals surface area (Å²) < 4.78 is 0. The highest BCUT2D eigenvalue weighted by Gasteiger charge is 2.40. The van der Waals surface area contributed by atoms with Crippen LogP contribution < -0.4 is 0 Å². The predicted octanol–water partition coefficient (Wildman–Crippen LogP) is 2.27. The van der Waals surface area contributed by atoms with Crippen molar-refractivity contribution in [2.45, 2.75) is 64.1 Å². The molecule has 0 spiro atoms. The maximum absolute atomic E-state index is 10.2. The second-order valence-corrected chi connectivity index (χ2v) is 5.98. The van der Waals surface area contributed by atoms with Crippen LogP contribution in [-0.4, -0.2) is 35.2 Å². The molecule has 0 saturated carbocycles. The molecule has 0 aliphatic carbocycles. The normalized spacial score (nSPS) is 38.6. The first-order valence-electron chi connectivity index (χ1n) is 6.48. The lowest BCUT2D eigenvalue weighted by Gasteiger charge is -2.38. The average molecular weight is 211 g/mol. The van der Waals surface area contributed by atoms with Gasteiger partial charge in [-0.1, -0.05) is 13.8 Å². The van der Waals surface area contributed by atoms with E-state index < -0.39 is 0 Å². The van der Waals surface area contributed by atoms with Crippen molar-refractivity contribution in [1.82, 2.24) is 4.90 Å². The number of aliphatic hydroxyl groups excluding tert-OH is 1. The Bertz CT molecular complexity index is 203. The standard InChI is InChI=1S/C13H25NO/c1-9(2)6-13(15)10-7-11-4-5-12(8-10)14(11)3/h9-13,15H,4-8H2,1-3H3. The van der Waals surface area contributed by atoms with E-state index in [1.807, 2.05) is 0 Å². The first-order valence-corrected chi connectivity index (χ1v) is 6.48. The van der Waals surface area contributed by atoms with Crippen LogP contribution in [0.3, 0.4) is 0 Å². The second kappa shape index (κ2) is 4.42. The smallest absolute Gasteiger partial charge is 0.0572 e. The summed E-state index contributed by atoms with van der Waals surface area (Å²) in [6.45, 7) is 4.40. The van der Waals surface area contributed by atoms with Crippen molar-refractivity contribution in [3.63, 3.8) is 0 Å². The molecular formula is C13H25NO. The minimum absolute atomic E-state index is 0.0539. The average Bonchev–Trinajstić information content (AvgIpc) is 2.38. The molecule has 2 aliphatic heterocycles. The maximum Gasteiger partial charge on any atom is 0.0572 e. The van der Waals surface area contributed by atoms with Crippen molar-refractivity contribution >= 4 is 0 Å². The Morgan fingerprint density at radius 3 is 2.20 bits per heavy atom. The van der Waals surface area contributed by atoms with Crippen LogP contribution in [0, 0.1) is 11.8 Å². The van der Waals surface area contributed by atoms with Crippen molar-refractivity contribution in [2.24, 2.45) is 11.8 Å². The van der Waals surface area contributed by atoms with Gasteiger partial charge in [-0.15, -0.1) is 0 Å². The number of piperidine rings is 1. The summed E-state index contributed by atoms with van der Waals surface area (Å²) in [7, 11) is 2.26. The highest BCUT2D eigenvalue weighted by atomic mass is 16.3. The van der Waals surface area contributed by atoms with Crippen LogP contribution in [0.15, 0.2) is 0 Å². The molecule has 15 heavy (non-hydrogen) atoms. The van der Waals surface area contributed by atoms with Crippen LogP contribution >= 0.6 is 0 Å². The summed E-state index contributed by atoms with van der Waals surface area (Å²) in [6.07, 6.45) is 6.08. The highest BCUT2D eigenvalue weighted by Crippen LogP contribution is 2.39. The molecule has 0 aromatic rings. The molecule has 1 N–H and O–H groups in total. The Hall–Kier alpha value is -0.0800. The summed E-state index contributed by atoms with van der Waals surface area (Å²) >= 11 is 0. The third kappa shape index (κ3) is 2.36. The van der Waals surface area contributed by atoms with Gasteiger partial charge in [0.25, 0.3) is 0 Å². The Morgan fingerprint density at radius 2 is 1.73 bits per heavy atom. The molecule has 2 rings (SSSR count). The van der Waals surface area contributed by atoms with Crippen LogP contribution in [0.4, 0.5) is 0 Å². The van der Waals surface area contributed by atoms with E-state index in [-0.39, 0.29) is 6.10 Å². The first kappa shape index (κ1) is 11.4. The van der Waals surface area contributed by atoms with Crippen LogP contribution in [-0.2, 0) is 0 Å². The van der Waals surface area contributed by atoms with Crippen molar-refractivity contribution in [3.8, 4) is 0 Å². The van der Waals surface area contributed by atoms with Gasteiger partial charge in [0.05, 0.1) is 6.10 Å². The van der Waals surface area contributed by atoms with E-state index in [9.17, 15) is 5.11 Å². The van der Waals surface area contributed by atoms with Gasteiger partial charge in [-0.05, 0) is 51.0 Å². The highest BCUT2D eigenvalue weighted by molar-refractivity contribution is 4.95. The molecule has 2 aliphatic rings. The zero-order valence-corrected chi connectivity index (χ0v) is 10.3. The summed E-state index contributed by atoms with van der Waals surface area (Å²) in [5.74, 6) is 1.19. The topological polar surface area (TPSA) is 23.5 Å². The van der Waals surface area contributed by atoms with Gasteiger partial charge in [-0.25, -0.2) is 0 Å². The van der Waals surface area contributed by atoms with Gasteiger partial charge in [0, 0.05) is 12.1 Å². The van der Waals surface area contributed by atoms with E-state index in [4.69, 9.17) is 0 Å². The van der Waals surface area contributed by atoms with Gasteiger partial charge in [0.2, 0.25) is 0 Å². The largest absolute Gasteiger partial charge is 0.393 e. The van der Waals surface area contributed by atoms with Gasteiger partial charge < -0.3 is 10.0 Å². The summed E-state index contributed by atoms with van der Waals surface area (Å²) in [4.78, 5) is 2.54. The summed E-state index contributed by atoms with van der Waals surface area (Å²) in [5, 5.41) is 10.2. The fraction of sp³-hybridized carbons (Fsp3) is 1.00. The van der Waals surface area contributed by atoms with E-state index >= 15 is 0 Å². The molecule has 2 heteroatoms. The Morgan fingerprint density at radius 1 is 1.20 bits per heavy atom. The lowest BCUT2D eigenvalue weighted by molar-refractivity contribution is 0.0252. The van der Waals surface area contributed by atoms with Gasteiger partial charge in [-0.3, -0.25) is 0 Å². The second-order valence-electron chi connectivity index (χ2n) is 5.98. The van der Waals surface area contributed by atoms with Crippen LogP contribution in [0.2, 0.25) is 0 Å². The lowest BCUT2D eigenvalue weighted by atomic mass is 9.83. The van der Waals surface area contributed by atoms with E-state index in [1.54, 1.807) is 0 Å². The van der Waals surface area contributed by atoms with Gasteiger partial charge in [0.15, 0.2) is 0 Å². The molecule has 0 radical (unpaired) electrons. The zero-order chi connectivity index (χ0) is 11.0. The van der Waals surface area contributed by atoms with E-state index in [2.05, 4.69) is 25.8 Å². The lowest BCUT2D eigenvalue weighted by Crippen LogP contribution is -2.43. The third-order valence-electron chi connectivity index (χ3n) is 4.39. The minimum atomic E-state index is -0.0539. The molecule has 3 atom stereocenters. The molecule has 0 amide bonds. The Balaban J connectivity index is 1.91. The fourth-order valence-corrected chi connectivity index (χ4v) is 3.44. The summed E-state index contributed by atoms with van der Waals surface area (Å²) in [5.41, 5.74) is 0. The number of aliphatic hydroxyl groups is 1. The van der Waals surface area contributed by atoms with Crippen LogP contribution in [0.25, 0.3) is 0 Å². The molecule has 0 aromatic heterocycles. The summed E-state index contributed by atoms with van der Waals surface area (Å²) in [6, 6.07) is 1.52. The number of nitrogens with zero attached hydrogens (tertiary/aromatic N) is 1. The molecular weight excluding hydrogens is 186 g/mol. The molecule has 2 fully saturated rings. The van der Waals surface area contributed by atoms with Crippen LogP contribution in [0.1, 0.15) is 46.0 Å². The minimum Gasteiger partial charge on any atom is -0.393 e. The number of hydrogen-bond donors (Lipinski definition) is 1. The zero-order valence-electron chi connectivity index (χ0n) is 10.3. The van der Waals surface area contributed by atoms with E-state index in [0.29, 0.717) is 11.8 Å². The van der Waals surface area contributed by atoms with Gasteiger partial charge in [-0.2, -0.15) is 0 Å². The molecule has 3 unspecified atom stereocenters. The fourth-order valence-electron chi connectivity index (χ4n) is 3.44. The van der Waals surface area contributed by atoms with Crippen molar-refractivity contribution < 1.29 is 5.11 Å². The monoisotopic (exact) mass is 211 g/mol. The Kier molecular flexibility index (Phi) is 3.36. The van der Waals surface area contributed by atoms with Crippen molar-refractivity contribution in [1.29, 1.82) is 0 Å². The molecule has 88 valence electrons. The van der Waals surface area contributed by atoms with Gasteiger partial charge >= 0.3 is 0 Å². The maximum atomic E-state index is 10.2. The SMILES string of the molecule is CC(C)CC(O)C1CC2CCC(C1)N2C. The van der Waals surface area contributed by atoms with Gasteiger partial charge in [0.1, 0.15) is 0 Å². The van der Waals surface area contributed by atoms with Crippen LogP contribution in [0.5, 0.6) is 0 Å². The quantitative estimate of drug-likeness (QED) is 0.774. The number of hydrogen-bond acceptors (Lipinski definition) is 2. The number of rotatable bonds is 3. The Labute approximate surface area is 93.7 Å². The van der Waals surface area contributed by atoms with E-state index in [1.165, 1.54) is 25.7 Å². The molecule has 2 nitrogen and oxygen atoms in total. The molecule has 0 aromatic carbocycles. The molecule has 2 heterocycles. The third-order valence-corrected chi connectivity index (χ3v) is 4.39.